The Morgan fingerprint density at radius 3 is 1.29 bits per heavy atom. The van der Waals surface area contributed by atoms with Gasteiger partial charge in [-0.05, 0) is 24.6 Å². The molecule has 2 aromatic rings. The Kier molecular flexibility index (Phi) is 18.0. The van der Waals surface area contributed by atoms with Gasteiger partial charge in [0.2, 0.25) is 0 Å². The van der Waals surface area contributed by atoms with Gasteiger partial charge in [-0.1, -0.05) is 47.5 Å². The van der Waals surface area contributed by atoms with Crippen LogP contribution in [0.25, 0.3) is 10.8 Å². The molecule has 0 N–H and O–H groups in total. The van der Waals surface area contributed by atoms with Crippen molar-refractivity contribution in [2.75, 3.05) is 0 Å². The molecule has 0 spiro atoms. The second-order valence-electron chi connectivity index (χ2n) is 3.35. The van der Waals surface area contributed by atoms with Crippen LogP contribution in [0.1, 0.15) is 11.1 Å². The van der Waals surface area contributed by atoms with Crippen molar-refractivity contribution in [2.45, 2.75) is 13.8 Å². The van der Waals surface area contributed by atoms with E-state index in [1.807, 2.05) is 0 Å². The average molecular weight is 346 g/mol. The van der Waals surface area contributed by atoms with Crippen molar-refractivity contribution >= 4 is 10.8 Å². The fraction of sp³-hybridized carbons (Fsp3) is 0.167. The number of rotatable bonds is 0. The Balaban J connectivity index is -0.000000169. The number of aryl methyl sites for hydroxylation is 2. The molecule has 0 amide bonds. The Morgan fingerprint density at radius 2 is 0.941 bits per heavy atom. The third-order valence-corrected chi connectivity index (χ3v) is 2.15. The first-order valence-corrected chi connectivity index (χ1v) is 4.23. The number of hydrogen-bond donors (Lipinski definition) is 0. The van der Waals surface area contributed by atoms with E-state index in [4.69, 9.17) is 0 Å². The van der Waals surface area contributed by atoms with Crippen LogP contribution >= 0.6 is 0 Å². The minimum Gasteiger partial charge on any atom is -1.00 e. The predicted octanol–water partition coefficient (Wildman–Crippen LogP) is -8.53. The molecule has 0 unspecified atom stereocenters. The average Bonchev–Trinajstić information content (AvgIpc) is 2.03. The zero-order valence-corrected chi connectivity index (χ0v) is 14.1. The van der Waals surface area contributed by atoms with E-state index >= 15 is 0 Å². The van der Waals surface area contributed by atoms with Crippen LogP contribution in [-0.4, -0.2) is 0 Å². The van der Waals surface area contributed by atoms with Gasteiger partial charge in [0.1, 0.15) is 0 Å². The van der Waals surface area contributed by atoms with Crippen LogP contribution < -0.4 is 49.6 Å². The first-order valence-electron chi connectivity index (χ1n) is 4.23. The molecule has 17 heavy (non-hydrogen) atoms. The maximum Gasteiger partial charge on any atom is 4.00 e. The Labute approximate surface area is 142 Å². The van der Waals surface area contributed by atoms with Crippen molar-refractivity contribution in [1.29, 1.82) is 0 Å². The van der Waals surface area contributed by atoms with Crippen LogP contribution in [0.2, 0.25) is 0 Å². The van der Waals surface area contributed by atoms with E-state index in [1.54, 1.807) is 0 Å². The summed E-state index contributed by atoms with van der Waals surface area (Å²) in [5, 5.41) is 2.67. The van der Waals surface area contributed by atoms with Gasteiger partial charge in [-0.3, -0.25) is 0 Å². The summed E-state index contributed by atoms with van der Waals surface area (Å²) in [6.45, 7) is 4.25. The Morgan fingerprint density at radius 1 is 0.588 bits per heavy atom. The summed E-state index contributed by atoms with van der Waals surface area (Å²) in [7, 11) is 0. The van der Waals surface area contributed by atoms with E-state index in [-0.39, 0.29) is 71.3 Å². The summed E-state index contributed by atoms with van der Waals surface area (Å²) in [6, 6.07) is 13.1. The maximum absolute atomic E-state index is 2.22. The molecule has 0 fully saturated rings. The van der Waals surface area contributed by atoms with E-state index < -0.39 is 0 Å². The predicted molar refractivity (Wildman–Crippen MR) is 53.4 cm³/mol. The number of halogens is 4. The van der Waals surface area contributed by atoms with Gasteiger partial charge in [-0.2, -0.15) is 0 Å². The molecule has 2 aromatic carbocycles. The van der Waals surface area contributed by atoms with Crippen LogP contribution in [0.15, 0.2) is 36.4 Å². The number of benzene rings is 2. The molecule has 0 aliphatic heterocycles. The SMILES string of the molecule is Cc1ccc2ccc(C)cc2c1.[Cl-].[Cl-].[Cl-].[Cl-].[Ti+4]. The van der Waals surface area contributed by atoms with E-state index in [0.717, 1.165) is 0 Å². The Bertz CT molecular complexity index is 395. The first-order chi connectivity index (χ1) is 5.75. The number of hydrogen-bond acceptors (Lipinski definition) is 0. The third kappa shape index (κ3) is 6.91. The van der Waals surface area contributed by atoms with E-state index in [2.05, 4.69) is 50.2 Å². The summed E-state index contributed by atoms with van der Waals surface area (Å²) in [5.41, 5.74) is 2.65. The molecule has 0 radical (unpaired) electrons. The zero-order valence-electron chi connectivity index (χ0n) is 9.48. The van der Waals surface area contributed by atoms with Crippen molar-refractivity contribution in [1.82, 2.24) is 0 Å². The monoisotopic (exact) mass is 344 g/mol. The second kappa shape index (κ2) is 11.7. The molecule has 0 atom stereocenters. The molecule has 92 valence electrons. The minimum absolute atomic E-state index is 0. The van der Waals surface area contributed by atoms with Crippen LogP contribution in [0.4, 0.5) is 0 Å². The molecule has 0 aliphatic rings. The van der Waals surface area contributed by atoms with Crippen LogP contribution in [0.3, 0.4) is 0 Å². The van der Waals surface area contributed by atoms with Gasteiger partial charge in [-0.25, -0.2) is 0 Å². The van der Waals surface area contributed by atoms with Crippen molar-refractivity contribution in [3.05, 3.63) is 47.5 Å². The Hall–Kier alpha value is 0.574. The summed E-state index contributed by atoms with van der Waals surface area (Å²) < 4.78 is 0. The van der Waals surface area contributed by atoms with Crippen molar-refractivity contribution in [3.8, 4) is 0 Å². The van der Waals surface area contributed by atoms with Crippen molar-refractivity contribution < 1.29 is 71.3 Å². The van der Waals surface area contributed by atoms with Crippen molar-refractivity contribution in [3.63, 3.8) is 0 Å². The van der Waals surface area contributed by atoms with Gasteiger partial charge in [-0.15, -0.1) is 0 Å². The standard InChI is InChI=1S/C12H12.4ClH.Ti/c1-9-3-5-11-6-4-10(2)8-12(11)7-9;;;;;/h3-8H,1-2H3;4*1H;/q;;;;;+4/p-4. The van der Waals surface area contributed by atoms with E-state index in [0.29, 0.717) is 0 Å². The fourth-order valence-electron chi connectivity index (χ4n) is 1.49. The minimum atomic E-state index is 0. The summed E-state index contributed by atoms with van der Waals surface area (Å²) in [6.07, 6.45) is 0. The molecule has 5 heteroatoms. The summed E-state index contributed by atoms with van der Waals surface area (Å²) in [4.78, 5) is 0. The molecule has 0 aliphatic carbocycles. The molecular formula is C12H12Cl4Ti. The molecule has 0 saturated carbocycles. The van der Waals surface area contributed by atoms with Gasteiger partial charge in [0.15, 0.2) is 0 Å². The van der Waals surface area contributed by atoms with Gasteiger partial charge in [0.05, 0.1) is 0 Å². The van der Waals surface area contributed by atoms with Crippen LogP contribution in [0.5, 0.6) is 0 Å². The third-order valence-electron chi connectivity index (χ3n) is 2.15. The molecule has 0 heterocycles. The van der Waals surface area contributed by atoms with Crippen LogP contribution in [-0.2, 0) is 21.7 Å². The molecule has 0 nitrogen and oxygen atoms in total. The smallest absolute Gasteiger partial charge is 1.00 e. The first kappa shape index (κ1) is 26.2. The van der Waals surface area contributed by atoms with Gasteiger partial charge in [0.25, 0.3) is 0 Å². The summed E-state index contributed by atoms with van der Waals surface area (Å²) in [5.74, 6) is 0. The number of fused-ring (bicyclic) bond motifs is 1. The molecule has 0 bridgehead atoms. The maximum atomic E-state index is 2.22. The fourth-order valence-corrected chi connectivity index (χ4v) is 1.49. The summed E-state index contributed by atoms with van der Waals surface area (Å²) >= 11 is 0. The molecule has 0 saturated heterocycles. The van der Waals surface area contributed by atoms with E-state index in [9.17, 15) is 0 Å². The van der Waals surface area contributed by atoms with Gasteiger partial charge >= 0.3 is 21.7 Å². The second-order valence-corrected chi connectivity index (χ2v) is 3.35. The topological polar surface area (TPSA) is 0 Å². The quantitative estimate of drug-likeness (QED) is 0.416. The molecular weight excluding hydrogens is 334 g/mol. The normalized spacial score (nSPS) is 7.41. The van der Waals surface area contributed by atoms with Crippen LogP contribution in [0, 0.1) is 13.8 Å². The van der Waals surface area contributed by atoms with E-state index in [1.165, 1.54) is 21.9 Å². The van der Waals surface area contributed by atoms with Gasteiger partial charge in [0, 0.05) is 0 Å². The largest absolute Gasteiger partial charge is 4.00 e. The zero-order chi connectivity index (χ0) is 8.55. The molecule has 0 aromatic heterocycles. The van der Waals surface area contributed by atoms with Crippen molar-refractivity contribution in [2.24, 2.45) is 0 Å². The molecule has 2 rings (SSSR count). The van der Waals surface area contributed by atoms with Gasteiger partial charge < -0.3 is 49.6 Å².